The summed E-state index contributed by atoms with van der Waals surface area (Å²) in [5.41, 5.74) is 0.592. The number of carbonyl (C=O) groups is 2. The van der Waals surface area contributed by atoms with Gasteiger partial charge in [0.2, 0.25) is 11.8 Å². The van der Waals surface area contributed by atoms with Crippen molar-refractivity contribution >= 4 is 42.8 Å². The molecule has 4 rings (SSSR count). The molecule has 2 amide bonds. The van der Waals surface area contributed by atoms with Gasteiger partial charge in [-0.25, -0.2) is 4.90 Å². The number of rotatable bonds is 2. The van der Waals surface area contributed by atoms with Crippen LogP contribution in [-0.2, 0) is 9.59 Å². The first-order valence-electron chi connectivity index (χ1n) is 7.42. The van der Waals surface area contributed by atoms with E-state index in [4.69, 9.17) is 4.74 Å². The third-order valence-corrected chi connectivity index (χ3v) is 7.05. The molecular weight excluding hydrogens is 318 g/mol. The maximum atomic E-state index is 12.8. The lowest BCUT2D eigenvalue weighted by Crippen LogP contribution is -2.38. The number of anilines is 1. The Labute approximate surface area is 140 Å². The summed E-state index contributed by atoms with van der Waals surface area (Å²) in [6.45, 7) is 0. The van der Waals surface area contributed by atoms with E-state index in [1.807, 2.05) is 0 Å². The van der Waals surface area contributed by atoms with Crippen LogP contribution in [-0.4, -0.2) is 29.4 Å². The summed E-state index contributed by atoms with van der Waals surface area (Å²) in [7, 11) is 1.57. The number of imide groups is 1. The minimum absolute atomic E-state index is 0.0879. The summed E-state index contributed by atoms with van der Waals surface area (Å²) in [6, 6.07) is 7.10. The van der Waals surface area contributed by atoms with Gasteiger partial charge in [-0.1, -0.05) is 6.07 Å². The van der Waals surface area contributed by atoms with Crippen LogP contribution >= 0.6 is 25.3 Å². The molecule has 0 radical (unpaired) electrons. The van der Waals surface area contributed by atoms with Gasteiger partial charge in [-0.3, -0.25) is 9.59 Å². The predicted molar refractivity (Wildman–Crippen MR) is 89.6 cm³/mol. The van der Waals surface area contributed by atoms with Gasteiger partial charge in [-0.05, 0) is 30.4 Å². The molecule has 0 spiro atoms. The van der Waals surface area contributed by atoms with Gasteiger partial charge in [0.25, 0.3) is 0 Å². The van der Waals surface area contributed by atoms with Gasteiger partial charge in [0.15, 0.2) is 0 Å². The van der Waals surface area contributed by atoms with Gasteiger partial charge in [0.05, 0.1) is 24.6 Å². The number of hydrogen-bond donors (Lipinski definition) is 2. The van der Waals surface area contributed by atoms with Crippen LogP contribution in [0.1, 0.15) is 6.42 Å². The Morgan fingerprint density at radius 2 is 1.68 bits per heavy atom. The second-order valence-electron chi connectivity index (χ2n) is 6.31. The Balaban J connectivity index is 1.72. The normalized spacial score (nSPS) is 39.5. The van der Waals surface area contributed by atoms with Crippen molar-refractivity contribution in [1.29, 1.82) is 0 Å². The summed E-state index contributed by atoms with van der Waals surface area (Å²) in [4.78, 5) is 27.0. The zero-order valence-electron chi connectivity index (χ0n) is 12.0. The first kappa shape index (κ1) is 14.5. The van der Waals surface area contributed by atoms with E-state index in [1.54, 1.807) is 31.4 Å². The van der Waals surface area contributed by atoms with E-state index in [-0.39, 0.29) is 46.0 Å². The van der Waals surface area contributed by atoms with E-state index in [0.717, 1.165) is 6.42 Å². The number of amides is 2. The van der Waals surface area contributed by atoms with Crippen LogP contribution in [0.15, 0.2) is 24.3 Å². The van der Waals surface area contributed by atoms with E-state index >= 15 is 0 Å². The number of methoxy groups -OCH3 is 1. The topological polar surface area (TPSA) is 46.6 Å². The first-order valence-corrected chi connectivity index (χ1v) is 8.46. The summed E-state index contributed by atoms with van der Waals surface area (Å²) >= 11 is 9.23. The Hall–Kier alpha value is -1.14. The van der Waals surface area contributed by atoms with Crippen LogP contribution in [0.3, 0.4) is 0 Å². The van der Waals surface area contributed by atoms with E-state index in [1.165, 1.54) is 4.90 Å². The molecule has 2 aliphatic carbocycles. The summed E-state index contributed by atoms with van der Waals surface area (Å²) in [6.07, 6.45) is 0.890. The van der Waals surface area contributed by atoms with Gasteiger partial charge in [-0.2, -0.15) is 25.3 Å². The molecule has 6 atom stereocenters. The number of fused-ring (bicyclic) bond motifs is 5. The molecular formula is C16H17NO3S2. The molecule has 2 saturated carbocycles. The van der Waals surface area contributed by atoms with E-state index in [2.05, 4.69) is 25.3 Å². The zero-order valence-corrected chi connectivity index (χ0v) is 13.8. The molecule has 3 aliphatic rings. The molecule has 1 aromatic carbocycles. The van der Waals surface area contributed by atoms with Crippen molar-refractivity contribution in [2.75, 3.05) is 12.0 Å². The van der Waals surface area contributed by atoms with Gasteiger partial charge >= 0.3 is 0 Å². The van der Waals surface area contributed by atoms with Crippen molar-refractivity contribution in [2.24, 2.45) is 23.7 Å². The van der Waals surface area contributed by atoms with Gasteiger partial charge < -0.3 is 4.74 Å². The second-order valence-corrected chi connectivity index (χ2v) is 7.50. The smallest absolute Gasteiger partial charge is 0.238 e. The van der Waals surface area contributed by atoms with Crippen molar-refractivity contribution in [3.63, 3.8) is 0 Å². The Morgan fingerprint density at radius 1 is 1.09 bits per heavy atom. The lowest BCUT2D eigenvalue weighted by atomic mass is 9.80. The number of ether oxygens (including phenoxy) is 1. The minimum atomic E-state index is -0.227. The quantitative estimate of drug-likeness (QED) is 0.642. The van der Waals surface area contributed by atoms with Crippen molar-refractivity contribution in [3.8, 4) is 5.75 Å². The number of benzene rings is 1. The lowest BCUT2D eigenvalue weighted by molar-refractivity contribution is -0.123. The van der Waals surface area contributed by atoms with Crippen LogP contribution in [0, 0.1) is 23.7 Å². The molecule has 2 bridgehead atoms. The molecule has 4 nitrogen and oxygen atoms in total. The van der Waals surface area contributed by atoms with Crippen molar-refractivity contribution in [3.05, 3.63) is 24.3 Å². The largest absolute Gasteiger partial charge is 0.497 e. The summed E-state index contributed by atoms with van der Waals surface area (Å²) in [5.74, 6) is 0.326. The second kappa shape index (κ2) is 4.93. The van der Waals surface area contributed by atoms with Crippen LogP contribution in [0.25, 0.3) is 0 Å². The number of carbonyl (C=O) groups excluding carboxylic acids is 2. The van der Waals surface area contributed by atoms with Crippen molar-refractivity contribution in [2.45, 2.75) is 16.9 Å². The van der Waals surface area contributed by atoms with Gasteiger partial charge in [0.1, 0.15) is 5.75 Å². The standard InChI is InChI=1S/C16H17NO3S2/c1-20-8-4-2-3-7(5-8)17-15(18)11-9-6-10(12(11)16(17)19)14(22)13(9)21/h2-5,9-14,21-22H,6H2,1H3/t9?,10?,11?,12?,13-,14-/m0/s1. The average molecular weight is 335 g/mol. The number of thiol groups is 2. The Morgan fingerprint density at radius 3 is 2.23 bits per heavy atom. The van der Waals surface area contributed by atoms with Crippen LogP contribution in [0.4, 0.5) is 5.69 Å². The molecule has 1 heterocycles. The number of hydrogen-bond acceptors (Lipinski definition) is 5. The molecule has 0 N–H and O–H groups in total. The lowest BCUT2D eigenvalue weighted by Gasteiger charge is -2.30. The minimum Gasteiger partial charge on any atom is -0.497 e. The molecule has 22 heavy (non-hydrogen) atoms. The average Bonchev–Trinajstić information content (AvgIpc) is 3.12. The maximum Gasteiger partial charge on any atom is 0.238 e. The van der Waals surface area contributed by atoms with E-state index < -0.39 is 0 Å². The van der Waals surface area contributed by atoms with Crippen LogP contribution in [0.5, 0.6) is 5.75 Å². The van der Waals surface area contributed by atoms with Crippen LogP contribution in [0.2, 0.25) is 0 Å². The molecule has 1 aromatic rings. The third kappa shape index (κ3) is 1.74. The fourth-order valence-electron chi connectivity index (χ4n) is 4.43. The van der Waals surface area contributed by atoms with Gasteiger partial charge in [-0.15, -0.1) is 0 Å². The third-order valence-electron chi connectivity index (χ3n) is 5.40. The van der Waals surface area contributed by atoms with Crippen LogP contribution < -0.4 is 9.64 Å². The monoisotopic (exact) mass is 335 g/mol. The van der Waals surface area contributed by atoms with E-state index in [9.17, 15) is 9.59 Å². The Kier molecular flexibility index (Phi) is 3.24. The Bertz CT molecular complexity index is 633. The molecule has 6 heteroatoms. The molecule has 4 unspecified atom stereocenters. The fraction of sp³-hybridized carbons (Fsp3) is 0.500. The SMILES string of the molecule is COc1cccc(N2C(=O)C3C(C2=O)C2CC3[C@H](S)[C@H]2S)c1. The highest BCUT2D eigenvalue weighted by Gasteiger charge is 2.66. The first-order chi connectivity index (χ1) is 10.5. The summed E-state index contributed by atoms with van der Waals surface area (Å²) < 4.78 is 5.19. The van der Waals surface area contributed by atoms with Crippen molar-refractivity contribution in [1.82, 2.24) is 0 Å². The molecule has 0 aromatic heterocycles. The maximum absolute atomic E-state index is 12.8. The fourth-order valence-corrected chi connectivity index (χ4v) is 5.49. The molecule has 1 saturated heterocycles. The molecule has 1 aliphatic heterocycles. The number of nitrogens with zero attached hydrogens (tertiary/aromatic N) is 1. The molecule has 116 valence electrons. The molecule has 3 fully saturated rings. The highest BCUT2D eigenvalue weighted by atomic mass is 32.1. The highest BCUT2D eigenvalue weighted by Crippen LogP contribution is 2.59. The highest BCUT2D eigenvalue weighted by molar-refractivity contribution is 7.85. The van der Waals surface area contributed by atoms with E-state index in [0.29, 0.717) is 11.4 Å². The van der Waals surface area contributed by atoms with Gasteiger partial charge in [0, 0.05) is 16.6 Å². The summed E-state index contributed by atoms with van der Waals surface area (Å²) in [5, 5.41) is 0.188. The zero-order chi connectivity index (χ0) is 15.6. The predicted octanol–water partition coefficient (Wildman–Crippen LogP) is 2.05. The van der Waals surface area contributed by atoms with Crippen molar-refractivity contribution < 1.29 is 14.3 Å².